The molecule has 9 nitrogen and oxygen atoms in total. The van der Waals surface area contributed by atoms with Crippen LogP contribution >= 0.6 is 0 Å². The van der Waals surface area contributed by atoms with Crippen molar-refractivity contribution in [3.63, 3.8) is 0 Å². The molecule has 1 saturated carbocycles. The van der Waals surface area contributed by atoms with Crippen molar-refractivity contribution in [1.29, 1.82) is 0 Å². The number of hydrogen-bond donors (Lipinski definition) is 1. The number of amides is 2. The average Bonchev–Trinajstić information content (AvgIpc) is 3.02. The van der Waals surface area contributed by atoms with Crippen molar-refractivity contribution in [3.05, 3.63) is 0 Å². The summed E-state index contributed by atoms with van der Waals surface area (Å²) in [7, 11) is 0.882. The third-order valence-corrected chi connectivity index (χ3v) is 3.43. The number of ether oxygens (including phenoxy) is 3. The maximum atomic E-state index is 14.9. The second-order valence-corrected chi connectivity index (χ2v) is 7.93. The number of carboxylic acids is 1. The van der Waals surface area contributed by atoms with Crippen molar-refractivity contribution in [2.24, 2.45) is 0 Å². The predicted octanol–water partition coefficient (Wildman–Crippen LogP) is 2.27. The van der Waals surface area contributed by atoms with Crippen LogP contribution in [-0.4, -0.2) is 63.7 Å². The summed E-state index contributed by atoms with van der Waals surface area (Å²) in [5.41, 5.74) is -8.14. The fourth-order valence-electron chi connectivity index (χ4n) is 2.31. The van der Waals surface area contributed by atoms with Gasteiger partial charge in [0.25, 0.3) is 0 Å². The summed E-state index contributed by atoms with van der Waals surface area (Å²) in [4.78, 5) is 48.7. The van der Waals surface area contributed by atoms with Crippen LogP contribution in [0.25, 0.3) is 0 Å². The third kappa shape index (κ3) is 3.88. The van der Waals surface area contributed by atoms with Gasteiger partial charge in [0.05, 0.1) is 7.11 Å². The first-order valence-corrected chi connectivity index (χ1v) is 7.79. The maximum absolute atomic E-state index is 14.9. The van der Waals surface area contributed by atoms with E-state index in [1.807, 2.05) is 0 Å². The van der Waals surface area contributed by atoms with Crippen LogP contribution in [0.4, 0.5) is 14.0 Å². The zero-order valence-corrected chi connectivity index (χ0v) is 15.8. The summed E-state index contributed by atoms with van der Waals surface area (Å²) in [5, 5.41) is 9.16. The number of carbonyl (C=O) groups excluding carboxylic acids is 3. The van der Waals surface area contributed by atoms with Gasteiger partial charge in [-0.2, -0.15) is 4.90 Å². The molecule has 0 aromatic carbocycles. The van der Waals surface area contributed by atoms with E-state index in [2.05, 4.69) is 4.74 Å². The normalized spacial score (nSPS) is 25.1. The smallest absolute Gasteiger partial charge is 0.421 e. The van der Waals surface area contributed by atoms with E-state index < -0.39 is 53.0 Å². The van der Waals surface area contributed by atoms with E-state index in [1.165, 1.54) is 41.5 Å². The van der Waals surface area contributed by atoms with Gasteiger partial charge in [-0.15, -0.1) is 0 Å². The zero-order chi connectivity index (χ0) is 20.7. The van der Waals surface area contributed by atoms with Crippen LogP contribution in [0.1, 0.15) is 48.0 Å². The largest absolute Gasteiger partial charge is 0.479 e. The lowest BCUT2D eigenvalue weighted by Crippen LogP contribution is -2.58. The summed E-state index contributed by atoms with van der Waals surface area (Å²) < 4.78 is 29.4. The fourth-order valence-corrected chi connectivity index (χ4v) is 2.31. The molecule has 1 rings (SSSR count). The summed E-state index contributed by atoms with van der Waals surface area (Å²) >= 11 is 0. The monoisotopic (exact) mass is 377 g/mol. The summed E-state index contributed by atoms with van der Waals surface area (Å²) in [6.45, 7) is 8.89. The Hall–Kier alpha value is -2.39. The summed E-state index contributed by atoms with van der Waals surface area (Å²) in [6, 6.07) is 0. The maximum Gasteiger partial charge on any atom is 0.421 e. The molecule has 0 heterocycles. The lowest BCUT2D eigenvalue weighted by atomic mass is 10.1. The highest BCUT2D eigenvalue weighted by Crippen LogP contribution is 2.57. The van der Waals surface area contributed by atoms with Gasteiger partial charge in [-0.3, -0.25) is 0 Å². The number of carbonyl (C=O) groups is 4. The van der Waals surface area contributed by atoms with E-state index in [4.69, 9.17) is 14.6 Å². The Morgan fingerprint density at radius 1 is 0.962 bits per heavy atom. The zero-order valence-electron chi connectivity index (χ0n) is 15.8. The van der Waals surface area contributed by atoms with E-state index in [-0.39, 0.29) is 4.90 Å². The molecule has 1 aliphatic carbocycles. The van der Waals surface area contributed by atoms with Crippen molar-refractivity contribution in [1.82, 2.24) is 4.90 Å². The number of rotatable bonds is 3. The van der Waals surface area contributed by atoms with E-state index in [0.717, 1.165) is 7.11 Å². The van der Waals surface area contributed by atoms with Crippen LogP contribution in [-0.2, 0) is 23.8 Å². The van der Waals surface area contributed by atoms with Crippen molar-refractivity contribution in [3.8, 4) is 0 Å². The number of esters is 1. The predicted molar refractivity (Wildman–Crippen MR) is 85.1 cm³/mol. The fraction of sp³-hybridized carbons (Fsp3) is 0.750. The number of methoxy groups -OCH3 is 1. The summed E-state index contributed by atoms with van der Waals surface area (Å²) in [6.07, 6.45) is -3.81. The Labute approximate surface area is 150 Å². The average molecular weight is 377 g/mol. The molecule has 0 bridgehead atoms. The molecule has 0 aromatic rings. The van der Waals surface area contributed by atoms with Gasteiger partial charge in [0.1, 0.15) is 11.2 Å². The number of aliphatic carboxylic acids is 1. The molecule has 148 valence electrons. The Morgan fingerprint density at radius 2 is 1.35 bits per heavy atom. The first-order chi connectivity index (χ1) is 11.5. The Kier molecular flexibility index (Phi) is 5.33. The molecule has 0 aromatic heterocycles. The highest BCUT2D eigenvalue weighted by molar-refractivity contribution is 6.06. The van der Waals surface area contributed by atoms with Gasteiger partial charge < -0.3 is 19.3 Å². The highest BCUT2D eigenvalue weighted by Gasteiger charge is 2.85. The lowest BCUT2D eigenvalue weighted by molar-refractivity contribution is -0.157. The van der Waals surface area contributed by atoms with Crippen LogP contribution in [0.15, 0.2) is 0 Å². The molecule has 1 aliphatic rings. The van der Waals surface area contributed by atoms with Crippen LogP contribution in [0.3, 0.4) is 0 Å². The van der Waals surface area contributed by atoms with Crippen LogP contribution in [0, 0.1) is 0 Å². The Bertz CT molecular complexity index is 607. The molecule has 1 fully saturated rings. The van der Waals surface area contributed by atoms with Crippen LogP contribution in [0.5, 0.6) is 0 Å². The number of nitrogens with zero attached hydrogens (tertiary/aromatic N) is 1. The Balaban J connectivity index is 3.47. The molecule has 1 N–H and O–H groups in total. The second kappa shape index (κ2) is 6.40. The van der Waals surface area contributed by atoms with Gasteiger partial charge in [-0.1, -0.05) is 0 Å². The molecular weight excluding hydrogens is 353 g/mol. The summed E-state index contributed by atoms with van der Waals surface area (Å²) in [5.74, 6) is -3.42. The van der Waals surface area contributed by atoms with Gasteiger partial charge in [0, 0.05) is 6.42 Å². The molecular formula is C16H24FNO8. The number of halogens is 1. The van der Waals surface area contributed by atoms with Gasteiger partial charge in [0.15, 0.2) is 0 Å². The second-order valence-electron chi connectivity index (χ2n) is 7.93. The lowest BCUT2D eigenvalue weighted by Gasteiger charge is -2.32. The molecule has 0 radical (unpaired) electrons. The SMILES string of the molecule is COC(=O)C1(N(C(=O)OC(C)(C)C)C(=O)OC(C)(C)C)CC1(F)C(=O)O. The number of imide groups is 1. The third-order valence-electron chi connectivity index (χ3n) is 3.43. The molecule has 2 unspecified atom stereocenters. The minimum atomic E-state index is -3.21. The van der Waals surface area contributed by atoms with Crippen LogP contribution in [0.2, 0.25) is 0 Å². The van der Waals surface area contributed by atoms with Crippen molar-refractivity contribution in [2.75, 3.05) is 7.11 Å². The van der Waals surface area contributed by atoms with E-state index >= 15 is 0 Å². The van der Waals surface area contributed by atoms with Crippen molar-refractivity contribution < 1.29 is 42.9 Å². The van der Waals surface area contributed by atoms with E-state index in [1.54, 1.807) is 0 Å². The topological polar surface area (TPSA) is 119 Å². The number of hydrogen-bond acceptors (Lipinski definition) is 7. The number of carboxylic acid groups (broad SMARTS) is 1. The standard InChI is InChI=1S/C16H24FNO8/c1-13(2,3)25-11(22)18(12(23)26-14(4,5)6)16(10(21)24-7)8-15(16,17)9(19)20/h8H2,1-7H3,(H,19,20). The van der Waals surface area contributed by atoms with Crippen LogP contribution < -0.4 is 0 Å². The molecule has 2 atom stereocenters. The molecule has 0 spiro atoms. The van der Waals surface area contributed by atoms with Crippen molar-refractivity contribution >= 4 is 24.1 Å². The molecule has 26 heavy (non-hydrogen) atoms. The first kappa shape index (κ1) is 21.7. The van der Waals surface area contributed by atoms with Gasteiger partial charge in [-0.25, -0.2) is 23.6 Å². The quantitative estimate of drug-likeness (QED) is 0.587. The van der Waals surface area contributed by atoms with Gasteiger partial charge >= 0.3 is 24.1 Å². The molecule has 2 amide bonds. The van der Waals surface area contributed by atoms with Gasteiger partial charge in [0.2, 0.25) is 11.2 Å². The van der Waals surface area contributed by atoms with Gasteiger partial charge in [-0.05, 0) is 41.5 Å². The molecule has 10 heteroatoms. The van der Waals surface area contributed by atoms with Crippen molar-refractivity contribution in [2.45, 2.75) is 70.4 Å². The highest BCUT2D eigenvalue weighted by atomic mass is 19.1. The molecule has 0 aliphatic heterocycles. The van der Waals surface area contributed by atoms with E-state index in [0.29, 0.717) is 0 Å². The Morgan fingerprint density at radius 3 is 1.58 bits per heavy atom. The minimum Gasteiger partial charge on any atom is -0.479 e. The number of alkyl halides is 1. The molecule has 0 saturated heterocycles. The van der Waals surface area contributed by atoms with E-state index in [9.17, 15) is 23.6 Å². The first-order valence-electron chi connectivity index (χ1n) is 7.79. The minimum absolute atomic E-state index is 0.0590.